The van der Waals surface area contributed by atoms with Gasteiger partial charge in [0.15, 0.2) is 5.82 Å². The SMILES string of the molecule is O=S(=O)(c1cccc(Cl)c1F)N(CCO)CC(F)(F)F. The van der Waals surface area contributed by atoms with Crippen LogP contribution in [0.5, 0.6) is 0 Å². The molecule has 0 heterocycles. The van der Waals surface area contributed by atoms with Crippen molar-refractivity contribution in [2.24, 2.45) is 0 Å². The highest BCUT2D eigenvalue weighted by atomic mass is 35.5. The van der Waals surface area contributed by atoms with E-state index in [1.54, 1.807) is 0 Å². The molecule has 1 aromatic carbocycles. The van der Waals surface area contributed by atoms with Gasteiger partial charge in [0.25, 0.3) is 0 Å². The van der Waals surface area contributed by atoms with Gasteiger partial charge in [-0.3, -0.25) is 0 Å². The number of halogens is 5. The number of alkyl halides is 3. The number of hydrogen-bond donors (Lipinski definition) is 1. The third-order valence-electron chi connectivity index (χ3n) is 2.24. The number of sulfonamides is 1. The largest absolute Gasteiger partial charge is 0.402 e. The third kappa shape index (κ3) is 4.05. The van der Waals surface area contributed by atoms with E-state index in [2.05, 4.69) is 0 Å². The van der Waals surface area contributed by atoms with E-state index < -0.39 is 51.6 Å². The Labute approximate surface area is 117 Å². The molecular formula is C10H10ClF4NO3S. The Hall–Kier alpha value is -0.900. The maximum Gasteiger partial charge on any atom is 0.402 e. The maximum atomic E-state index is 13.6. The number of nitrogens with zero attached hydrogens (tertiary/aromatic N) is 1. The summed E-state index contributed by atoms with van der Waals surface area (Å²) < 4.78 is 74.6. The molecule has 0 bridgehead atoms. The number of hydrogen-bond acceptors (Lipinski definition) is 3. The molecule has 0 saturated heterocycles. The molecule has 1 N–H and O–H groups in total. The zero-order valence-corrected chi connectivity index (χ0v) is 11.4. The van der Waals surface area contributed by atoms with Crippen molar-refractivity contribution >= 4 is 21.6 Å². The molecule has 1 rings (SSSR count). The van der Waals surface area contributed by atoms with Crippen LogP contribution in [-0.4, -0.2) is 43.7 Å². The van der Waals surface area contributed by atoms with E-state index in [9.17, 15) is 26.0 Å². The molecule has 0 saturated carbocycles. The monoisotopic (exact) mass is 335 g/mol. The Morgan fingerprint density at radius 2 is 1.90 bits per heavy atom. The van der Waals surface area contributed by atoms with Gasteiger partial charge in [-0.05, 0) is 12.1 Å². The predicted octanol–water partition coefficient (Wildman–Crippen LogP) is 2.02. The van der Waals surface area contributed by atoms with E-state index in [1.165, 1.54) is 0 Å². The van der Waals surface area contributed by atoms with Crippen LogP contribution >= 0.6 is 11.6 Å². The van der Waals surface area contributed by atoms with Crippen molar-refractivity contribution in [2.45, 2.75) is 11.1 Å². The van der Waals surface area contributed by atoms with Gasteiger partial charge in [0.2, 0.25) is 10.0 Å². The molecule has 0 aliphatic heterocycles. The fraction of sp³-hybridized carbons (Fsp3) is 0.400. The second-order valence-corrected chi connectivity index (χ2v) is 6.04. The van der Waals surface area contributed by atoms with E-state index in [0.717, 1.165) is 18.2 Å². The molecule has 0 amide bonds. The minimum Gasteiger partial charge on any atom is -0.395 e. The lowest BCUT2D eigenvalue weighted by Gasteiger charge is -2.22. The minimum absolute atomic E-state index is 0.0538. The van der Waals surface area contributed by atoms with E-state index >= 15 is 0 Å². The second-order valence-electron chi connectivity index (χ2n) is 3.73. The normalized spacial score (nSPS) is 12.9. The molecule has 4 nitrogen and oxygen atoms in total. The van der Waals surface area contributed by atoms with E-state index in [4.69, 9.17) is 16.7 Å². The number of aliphatic hydroxyl groups excluding tert-OH is 1. The first-order valence-electron chi connectivity index (χ1n) is 5.21. The first-order valence-corrected chi connectivity index (χ1v) is 7.03. The summed E-state index contributed by atoms with van der Waals surface area (Å²) in [5.74, 6) is -1.33. The number of benzene rings is 1. The molecule has 1 aromatic rings. The zero-order chi connectivity index (χ0) is 15.6. The molecule has 20 heavy (non-hydrogen) atoms. The Balaban J connectivity index is 3.26. The van der Waals surface area contributed by atoms with Crippen LogP contribution in [0.4, 0.5) is 17.6 Å². The van der Waals surface area contributed by atoms with E-state index in [0.29, 0.717) is 0 Å². The summed E-state index contributed by atoms with van der Waals surface area (Å²) in [5.41, 5.74) is 0. The van der Waals surface area contributed by atoms with Crippen LogP contribution in [0.15, 0.2) is 23.1 Å². The summed E-state index contributed by atoms with van der Waals surface area (Å²) >= 11 is 5.41. The smallest absolute Gasteiger partial charge is 0.395 e. The fourth-order valence-corrected chi connectivity index (χ4v) is 3.15. The van der Waals surface area contributed by atoms with Crippen molar-refractivity contribution in [2.75, 3.05) is 19.7 Å². The molecule has 0 aliphatic carbocycles. The molecule has 114 valence electrons. The van der Waals surface area contributed by atoms with Gasteiger partial charge in [-0.1, -0.05) is 17.7 Å². The number of aliphatic hydroxyl groups is 1. The van der Waals surface area contributed by atoms with Crippen LogP contribution in [0.25, 0.3) is 0 Å². The lowest BCUT2D eigenvalue weighted by atomic mass is 10.3. The van der Waals surface area contributed by atoms with Gasteiger partial charge < -0.3 is 5.11 Å². The standard InChI is InChI=1S/C10H10ClF4NO3S/c11-7-2-1-3-8(9(7)12)20(18,19)16(4-5-17)6-10(13,14)15/h1-3,17H,4-6H2. The highest BCUT2D eigenvalue weighted by Crippen LogP contribution is 2.27. The minimum atomic E-state index is -4.82. The summed E-state index contributed by atoms with van der Waals surface area (Å²) in [6.45, 7) is -3.48. The zero-order valence-electron chi connectivity index (χ0n) is 9.86. The second kappa shape index (κ2) is 6.25. The molecule has 0 aromatic heterocycles. The van der Waals surface area contributed by atoms with Crippen LogP contribution in [0.3, 0.4) is 0 Å². The summed E-state index contributed by atoms with van der Waals surface area (Å²) in [6, 6.07) is 2.97. The lowest BCUT2D eigenvalue weighted by molar-refractivity contribution is -0.136. The van der Waals surface area contributed by atoms with Crippen LogP contribution in [0.2, 0.25) is 5.02 Å². The maximum absolute atomic E-state index is 13.6. The summed E-state index contributed by atoms with van der Waals surface area (Å²) in [4.78, 5) is -0.970. The van der Waals surface area contributed by atoms with Crippen LogP contribution in [-0.2, 0) is 10.0 Å². The Morgan fingerprint density at radius 1 is 1.30 bits per heavy atom. The fourth-order valence-electron chi connectivity index (χ4n) is 1.42. The van der Waals surface area contributed by atoms with Gasteiger partial charge >= 0.3 is 6.18 Å². The third-order valence-corrected chi connectivity index (χ3v) is 4.39. The van der Waals surface area contributed by atoms with Gasteiger partial charge in [-0.2, -0.15) is 17.5 Å². The molecule has 0 radical (unpaired) electrons. The Kier molecular flexibility index (Phi) is 5.36. The molecular weight excluding hydrogens is 326 g/mol. The van der Waals surface area contributed by atoms with Gasteiger partial charge in [0, 0.05) is 6.54 Å². The average Bonchev–Trinajstić information content (AvgIpc) is 2.30. The van der Waals surface area contributed by atoms with Crippen molar-refractivity contribution in [3.8, 4) is 0 Å². The van der Waals surface area contributed by atoms with Crippen molar-refractivity contribution in [1.29, 1.82) is 0 Å². The summed E-state index contributed by atoms with van der Waals surface area (Å²) in [5, 5.41) is 8.15. The summed E-state index contributed by atoms with van der Waals surface area (Å²) in [7, 11) is -4.76. The quantitative estimate of drug-likeness (QED) is 0.838. The van der Waals surface area contributed by atoms with Gasteiger partial charge in [0.05, 0.1) is 11.6 Å². The van der Waals surface area contributed by atoms with Crippen LogP contribution in [0, 0.1) is 5.82 Å². The van der Waals surface area contributed by atoms with Crippen molar-refractivity contribution < 1.29 is 31.1 Å². The predicted molar refractivity (Wildman–Crippen MR) is 63.3 cm³/mol. The van der Waals surface area contributed by atoms with Crippen LogP contribution < -0.4 is 0 Å². The van der Waals surface area contributed by atoms with Crippen LogP contribution in [0.1, 0.15) is 0 Å². The Bertz CT molecular complexity index is 576. The van der Waals surface area contributed by atoms with Gasteiger partial charge in [-0.25, -0.2) is 12.8 Å². The van der Waals surface area contributed by atoms with Gasteiger partial charge in [0.1, 0.15) is 11.4 Å². The lowest BCUT2D eigenvalue weighted by Crippen LogP contribution is -2.40. The first-order chi connectivity index (χ1) is 9.09. The van der Waals surface area contributed by atoms with Crippen molar-refractivity contribution in [3.05, 3.63) is 29.0 Å². The number of rotatable bonds is 5. The molecule has 0 aliphatic rings. The molecule has 0 unspecified atom stereocenters. The Morgan fingerprint density at radius 3 is 2.40 bits per heavy atom. The highest BCUT2D eigenvalue weighted by molar-refractivity contribution is 7.89. The topological polar surface area (TPSA) is 57.6 Å². The molecule has 10 heteroatoms. The first kappa shape index (κ1) is 17.2. The highest BCUT2D eigenvalue weighted by Gasteiger charge is 2.38. The molecule has 0 atom stereocenters. The van der Waals surface area contributed by atoms with Crippen molar-refractivity contribution in [3.63, 3.8) is 0 Å². The molecule has 0 spiro atoms. The van der Waals surface area contributed by atoms with E-state index in [1.807, 2.05) is 0 Å². The molecule has 0 fully saturated rings. The average molecular weight is 336 g/mol. The van der Waals surface area contributed by atoms with E-state index in [-0.39, 0.29) is 4.31 Å². The van der Waals surface area contributed by atoms with Crippen molar-refractivity contribution in [1.82, 2.24) is 4.31 Å². The summed E-state index contributed by atoms with van der Waals surface area (Å²) in [6.07, 6.45) is -4.82. The van der Waals surface area contributed by atoms with Gasteiger partial charge in [-0.15, -0.1) is 0 Å².